The van der Waals surface area contributed by atoms with Crippen LogP contribution in [0.25, 0.3) is 0 Å². The van der Waals surface area contributed by atoms with Crippen LogP contribution >= 0.6 is 0 Å². The molecule has 0 aromatic heterocycles. The van der Waals surface area contributed by atoms with Gasteiger partial charge in [0.05, 0.1) is 0 Å². The highest BCUT2D eigenvalue weighted by molar-refractivity contribution is 5.77. The van der Waals surface area contributed by atoms with Gasteiger partial charge in [0.15, 0.2) is 0 Å². The molecule has 3 nitrogen and oxygen atoms in total. The molecule has 18 heavy (non-hydrogen) atoms. The summed E-state index contributed by atoms with van der Waals surface area (Å²) in [7, 11) is 0. The van der Waals surface area contributed by atoms with Gasteiger partial charge in [-0.25, -0.2) is 0 Å². The van der Waals surface area contributed by atoms with E-state index in [1.54, 1.807) is 17.1 Å². The lowest BCUT2D eigenvalue weighted by atomic mass is 10.1. The van der Waals surface area contributed by atoms with Crippen LogP contribution in [0.3, 0.4) is 0 Å². The molecule has 0 aliphatic carbocycles. The Labute approximate surface area is 109 Å². The first-order valence-electron chi connectivity index (χ1n) is 6.02. The zero-order valence-electron chi connectivity index (χ0n) is 10.6. The molecule has 0 unspecified atom stereocenters. The van der Waals surface area contributed by atoms with Crippen LogP contribution in [0.5, 0.6) is 0 Å². The van der Waals surface area contributed by atoms with Crippen molar-refractivity contribution >= 4 is 11.6 Å². The van der Waals surface area contributed by atoms with Crippen molar-refractivity contribution in [1.82, 2.24) is 4.90 Å². The van der Waals surface area contributed by atoms with Gasteiger partial charge in [0.25, 0.3) is 0 Å². The van der Waals surface area contributed by atoms with Crippen molar-refractivity contribution in [2.75, 3.05) is 18.8 Å². The number of anilines is 1. The normalized spacial score (nSPS) is 9.78. The second-order valence-corrected chi connectivity index (χ2v) is 4.07. The smallest absolute Gasteiger partial charge is 0.223 e. The van der Waals surface area contributed by atoms with Gasteiger partial charge in [0, 0.05) is 25.2 Å². The van der Waals surface area contributed by atoms with Crippen LogP contribution in [0.15, 0.2) is 49.6 Å². The summed E-state index contributed by atoms with van der Waals surface area (Å²) >= 11 is 0. The molecule has 1 aromatic carbocycles. The SMILES string of the molecule is C=CCN(CC=C)C(=O)CCc1ccccc1N. The molecule has 0 fully saturated rings. The van der Waals surface area contributed by atoms with Gasteiger partial charge in [0.2, 0.25) is 5.91 Å². The van der Waals surface area contributed by atoms with Gasteiger partial charge in [0.1, 0.15) is 0 Å². The van der Waals surface area contributed by atoms with Gasteiger partial charge < -0.3 is 10.6 Å². The van der Waals surface area contributed by atoms with Crippen LogP contribution in [-0.4, -0.2) is 23.9 Å². The fourth-order valence-corrected chi connectivity index (χ4v) is 1.75. The number of aryl methyl sites for hydroxylation is 1. The van der Waals surface area contributed by atoms with E-state index in [2.05, 4.69) is 13.2 Å². The maximum atomic E-state index is 12.0. The Bertz CT molecular complexity index is 416. The molecule has 0 bridgehead atoms. The highest BCUT2D eigenvalue weighted by atomic mass is 16.2. The minimum absolute atomic E-state index is 0.0954. The molecule has 0 heterocycles. The Balaban J connectivity index is 2.56. The van der Waals surface area contributed by atoms with E-state index >= 15 is 0 Å². The van der Waals surface area contributed by atoms with Gasteiger partial charge in [-0.3, -0.25) is 4.79 Å². The van der Waals surface area contributed by atoms with Crippen molar-refractivity contribution in [3.05, 3.63) is 55.1 Å². The molecule has 0 atom stereocenters. The Morgan fingerprint density at radius 2 is 1.83 bits per heavy atom. The number of nitrogens with zero attached hydrogens (tertiary/aromatic N) is 1. The van der Waals surface area contributed by atoms with Crippen LogP contribution in [0.2, 0.25) is 0 Å². The van der Waals surface area contributed by atoms with Crippen molar-refractivity contribution in [3.63, 3.8) is 0 Å². The van der Waals surface area contributed by atoms with E-state index < -0.39 is 0 Å². The fraction of sp³-hybridized carbons (Fsp3) is 0.267. The number of amides is 1. The average Bonchev–Trinajstić information content (AvgIpc) is 2.37. The van der Waals surface area contributed by atoms with E-state index in [-0.39, 0.29) is 5.91 Å². The third-order valence-electron chi connectivity index (χ3n) is 2.71. The lowest BCUT2D eigenvalue weighted by molar-refractivity contribution is -0.130. The molecule has 3 heteroatoms. The molecular weight excluding hydrogens is 224 g/mol. The fourth-order valence-electron chi connectivity index (χ4n) is 1.75. The molecule has 1 rings (SSSR count). The van der Waals surface area contributed by atoms with E-state index in [1.807, 2.05) is 24.3 Å². The van der Waals surface area contributed by atoms with E-state index in [0.29, 0.717) is 25.9 Å². The second kappa shape index (κ2) is 7.33. The van der Waals surface area contributed by atoms with Gasteiger partial charge in [-0.1, -0.05) is 30.4 Å². The van der Waals surface area contributed by atoms with Gasteiger partial charge in [-0.05, 0) is 18.1 Å². The van der Waals surface area contributed by atoms with Crippen LogP contribution in [0.1, 0.15) is 12.0 Å². The van der Waals surface area contributed by atoms with Crippen molar-refractivity contribution in [2.24, 2.45) is 0 Å². The Kier molecular flexibility index (Phi) is 5.71. The number of nitrogen functional groups attached to an aromatic ring is 1. The number of nitrogens with two attached hydrogens (primary N) is 1. The number of carbonyl (C=O) groups is 1. The Hall–Kier alpha value is -2.03. The Morgan fingerprint density at radius 3 is 2.39 bits per heavy atom. The topological polar surface area (TPSA) is 46.3 Å². The highest BCUT2D eigenvalue weighted by Crippen LogP contribution is 2.13. The minimum atomic E-state index is 0.0954. The average molecular weight is 244 g/mol. The first-order valence-corrected chi connectivity index (χ1v) is 6.02. The predicted molar refractivity (Wildman–Crippen MR) is 76.1 cm³/mol. The Morgan fingerprint density at radius 1 is 1.22 bits per heavy atom. The molecule has 0 spiro atoms. The number of para-hydroxylation sites is 1. The molecule has 1 aromatic rings. The standard InChI is InChI=1S/C15H20N2O/c1-3-11-17(12-4-2)15(18)10-9-13-7-5-6-8-14(13)16/h3-8H,1-2,9-12,16H2. The van der Waals surface area contributed by atoms with Gasteiger partial charge in [-0.2, -0.15) is 0 Å². The molecule has 0 aliphatic rings. The molecule has 2 N–H and O–H groups in total. The van der Waals surface area contributed by atoms with E-state index in [1.165, 1.54) is 0 Å². The zero-order chi connectivity index (χ0) is 13.4. The van der Waals surface area contributed by atoms with Crippen LogP contribution in [0.4, 0.5) is 5.69 Å². The molecule has 0 saturated heterocycles. The molecule has 0 aliphatic heterocycles. The number of rotatable bonds is 7. The highest BCUT2D eigenvalue weighted by Gasteiger charge is 2.11. The predicted octanol–water partition coefficient (Wildman–Crippen LogP) is 2.40. The number of hydrogen-bond donors (Lipinski definition) is 1. The van der Waals surface area contributed by atoms with Crippen molar-refractivity contribution in [1.29, 1.82) is 0 Å². The van der Waals surface area contributed by atoms with E-state index in [0.717, 1.165) is 11.3 Å². The largest absolute Gasteiger partial charge is 0.399 e. The zero-order valence-corrected chi connectivity index (χ0v) is 10.6. The van der Waals surface area contributed by atoms with Crippen molar-refractivity contribution < 1.29 is 4.79 Å². The summed E-state index contributed by atoms with van der Waals surface area (Å²) < 4.78 is 0. The van der Waals surface area contributed by atoms with Crippen LogP contribution in [0, 0.1) is 0 Å². The van der Waals surface area contributed by atoms with Crippen molar-refractivity contribution in [2.45, 2.75) is 12.8 Å². The maximum Gasteiger partial charge on any atom is 0.223 e. The maximum absolute atomic E-state index is 12.0. The summed E-state index contributed by atoms with van der Waals surface area (Å²) in [6, 6.07) is 7.63. The quantitative estimate of drug-likeness (QED) is 0.591. The lowest BCUT2D eigenvalue weighted by Crippen LogP contribution is -2.31. The van der Waals surface area contributed by atoms with Crippen LogP contribution < -0.4 is 5.73 Å². The second-order valence-electron chi connectivity index (χ2n) is 4.07. The number of hydrogen-bond acceptors (Lipinski definition) is 2. The third kappa shape index (κ3) is 4.09. The van der Waals surface area contributed by atoms with Crippen molar-refractivity contribution in [3.8, 4) is 0 Å². The van der Waals surface area contributed by atoms with Crippen LogP contribution in [-0.2, 0) is 11.2 Å². The summed E-state index contributed by atoms with van der Waals surface area (Å²) in [5.41, 5.74) is 7.60. The first-order chi connectivity index (χ1) is 8.69. The number of benzene rings is 1. The monoisotopic (exact) mass is 244 g/mol. The molecule has 0 saturated carbocycles. The summed E-state index contributed by atoms with van der Waals surface area (Å²) in [5.74, 6) is 0.0954. The summed E-state index contributed by atoms with van der Waals surface area (Å²) in [4.78, 5) is 13.7. The molecule has 0 radical (unpaired) electrons. The first kappa shape index (κ1) is 14.0. The van der Waals surface area contributed by atoms with E-state index in [9.17, 15) is 4.79 Å². The molecule has 96 valence electrons. The number of carbonyl (C=O) groups excluding carboxylic acids is 1. The van der Waals surface area contributed by atoms with E-state index in [4.69, 9.17) is 5.73 Å². The lowest BCUT2D eigenvalue weighted by Gasteiger charge is -2.19. The molecular formula is C15H20N2O. The van der Waals surface area contributed by atoms with Gasteiger partial charge >= 0.3 is 0 Å². The third-order valence-corrected chi connectivity index (χ3v) is 2.71. The minimum Gasteiger partial charge on any atom is -0.399 e. The summed E-state index contributed by atoms with van der Waals surface area (Å²) in [6.45, 7) is 8.40. The van der Waals surface area contributed by atoms with Gasteiger partial charge in [-0.15, -0.1) is 13.2 Å². The summed E-state index contributed by atoms with van der Waals surface area (Å²) in [6.07, 6.45) is 4.56. The molecule has 1 amide bonds. The summed E-state index contributed by atoms with van der Waals surface area (Å²) in [5, 5.41) is 0.